The summed E-state index contributed by atoms with van der Waals surface area (Å²) in [4.78, 5) is 12.1. The number of amides is 1. The van der Waals surface area contributed by atoms with Crippen molar-refractivity contribution in [1.82, 2.24) is 19.6 Å². The number of hydrogen-bond donors (Lipinski definition) is 1. The number of halogens is 3. The molecule has 0 saturated carbocycles. The summed E-state index contributed by atoms with van der Waals surface area (Å²) in [5.74, 6) is -0.731. The van der Waals surface area contributed by atoms with Gasteiger partial charge in [0.2, 0.25) is 0 Å². The number of carbonyl (C=O) groups excluding carboxylic acids is 1. The predicted octanol–water partition coefficient (Wildman–Crippen LogP) is 2.94. The van der Waals surface area contributed by atoms with Crippen molar-refractivity contribution in [3.8, 4) is 0 Å². The fourth-order valence-electron chi connectivity index (χ4n) is 2.32. The molecule has 0 radical (unpaired) electrons. The summed E-state index contributed by atoms with van der Waals surface area (Å²) in [6, 6.07) is 10.3. The van der Waals surface area contributed by atoms with Crippen LogP contribution in [0.25, 0.3) is 0 Å². The van der Waals surface area contributed by atoms with Crippen molar-refractivity contribution in [2.24, 2.45) is 7.05 Å². The Bertz CT molecular complexity index is 883. The first-order chi connectivity index (χ1) is 11.8. The molecule has 1 aromatic carbocycles. The first-order valence-electron chi connectivity index (χ1n) is 7.32. The van der Waals surface area contributed by atoms with E-state index in [-0.39, 0.29) is 5.69 Å². The number of hydrogen-bond acceptors (Lipinski definition) is 3. The van der Waals surface area contributed by atoms with Gasteiger partial charge in [0, 0.05) is 19.3 Å². The highest BCUT2D eigenvalue weighted by molar-refractivity contribution is 6.02. The highest BCUT2D eigenvalue weighted by Crippen LogP contribution is 2.29. The maximum atomic E-state index is 12.8. The predicted molar refractivity (Wildman–Crippen MR) is 83.9 cm³/mol. The number of nitrogens with one attached hydrogen (secondary N) is 1. The molecule has 1 N–H and O–H groups in total. The molecule has 0 aliphatic heterocycles. The molecule has 9 heteroatoms. The van der Waals surface area contributed by atoms with Gasteiger partial charge >= 0.3 is 6.18 Å². The molecule has 0 bridgehead atoms. The van der Waals surface area contributed by atoms with Crippen LogP contribution in [0.15, 0.2) is 48.8 Å². The molecular weight excluding hydrogens is 335 g/mol. The molecule has 6 nitrogen and oxygen atoms in total. The summed E-state index contributed by atoms with van der Waals surface area (Å²) in [5, 5.41) is 10.2. The maximum absolute atomic E-state index is 12.8. The summed E-state index contributed by atoms with van der Waals surface area (Å²) < 4.78 is 40.5. The van der Waals surface area contributed by atoms with E-state index >= 15 is 0 Å². The van der Waals surface area contributed by atoms with E-state index in [0.717, 1.165) is 12.6 Å². The lowest BCUT2D eigenvalue weighted by atomic mass is 10.2. The van der Waals surface area contributed by atoms with Gasteiger partial charge in [0.05, 0.1) is 18.4 Å². The van der Waals surface area contributed by atoms with Crippen molar-refractivity contribution >= 4 is 11.6 Å². The Labute approximate surface area is 140 Å². The van der Waals surface area contributed by atoms with Gasteiger partial charge < -0.3 is 5.32 Å². The second-order valence-electron chi connectivity index (χ2n) is 5.40. The molecule has 0 fully saturated rings. The highest BCUT2D eigenvalue weighted by atomic mass is 19.4. The normalized spacial score (nSPS) is 11.5. The molecule has 3 rings (SSSR count). The lowest BCUT2D eigenvalue weighted by Gasteiger charge is -2.04. The van der Waals surface area contributed by atoms with E-state index in [9.17, 15) is 18.0 Å². The van der Waals surface area contributed by atoms with Gasteiger partial charge in [0.1, 0.15) is 5.69 Å². The van der Waals surface area contributed by atoms with Crippen LogP contribution in [0.2, 0.25) is 0 Å². The van der Waals surface area contributed by atoms with Crippen molar-refractivity contribution in [2.75, 3.05) is 5.32 Å². The summed E-state index contributed by atoms with van der Waals surface area (Å²) in [6.45, 7) is 0.512. The van der Waals surface area contributed by atoms with E-state index < -0.39 is 17.8 Å². The quantitative estimate of drug-likeness (QED) is 0.788. The lowest BCUT2D eigenvalue weighted by Crippen LogP contribution is -2.12. The van der Waals surface area contributed by atoms with Crippen molar-refractivity contribution in [2.45, 2.75) is 12.7 Å². The molecule has 3 aromatic rings. The number of anilines is 1. The third-order valence-corrected chi connectivity index (χ3v) is 3.48. The Morgan fingerprint density at radius 2 is 1.96 bits per heavy atom. The van der Waals surface area contributed by atoms with Gasteiger partial charge in [-0.1, -0.05) is 30.3 Å². The molecule has 2 heterocycles. The largest absolute Gasteiger partial charge is 0.433 e. The Kier molecular flexibility index (Phi) is 4.30. The molecule has 0 aliphatic carbocycles. The Balaban J connectivity index is 1.70. The fourth-order valence-corrected chi connectivity index (χ4v) is 2.32. The Morgan fingerprint density at radius 1 is 1.24 bits per heavy atom. The minimum Gasteiger partial charge on any atom is -0.318 e. The van der Waals surface area contributed by atoms with Crippen molar-refractivity contribution in [1.29, 1.82) is 0 Å². The summed E-state index contributed by atoms with van der Waals surface area (Å²) in [5.41, 5.74) is 0.103. The van der Waals surface area contributed by atoms with Gasteiger partial charge in [-0.05, 0) is 5.56 Å². The number of nitrogens with zero attached hydrogens (tertiary/aromatic N) is 4. The highest BCUT2D eigenvalue weighted by Gasteiger charge is 2.35. The topological polar surface area (TPSA) is 64.7 Å². The molecule has 2 aromatic heterocycles. The van der Waals surface area contributed by atoms with Gasteiger partial charge in [-0.15, -0.1) is 0 Å². The Morgan fingerprint density at radius 3 is 2.60 bits per heavy atom. The van der Waals surface area contributed by atoms with Crippen LogP contribution in [0.4, 0.5) is 18.9 Å². The van der Waals surface area contributed by atoms with Crippen LogP contribution in [0.3, 0.4) is 0 Å². The maximum Gasteiger partial charge on any atom is 0.433 e. The van der Waals surface area contributed by atoms with Crippen LogP contribution in [0, 0.1) is 0 Å². The zero-order valence-electron chi connectivity index (χ0n) is 13.2. The van der Waals surface area contributed by atoms with Crippen LogP contribution >= 0.6 is 0 Å². The average Bonchev–Trinajstić information content (AvgIpc) is 3.14. The van der Waals surface area contributed by atoms with E-state index in [1.54, 1.807) is 10.9 Å². The molecule has 1 amide bonds. The van der Waals surface area contributed by atoms with Gasteiger partial charge in [-0.2, -0.15) is 23.4 Å². The Hall–Kier alpha value is -3.10. The number of benzene rings is 1. The fraction of sp³-hybridized carbons (Fsp3) is 0.188. The second kappa shape index (κ2) is 6.42. The third-order valence-electron chi connectivity index (χ3n) is 3.48. The number of alkyl halides is 3. The molecule has 0 saturated heterocycles. The minimum absolute atomic E-state index is 0.314. The van der Waals surface area contributed by atoms with E-state index in [1.165, 1.54) is 6.20 Å². The van der Waals surface area contributed by atoms with Gasteiger partial charge in [0.15, 0.2) is 5.69 Å². The number of aromatic nitrogens is 4. The van der Waals surface area contributed by atoms with Crippen LogP contribution in [-0.2, 0) is 19.8 Å². The lowest BCUT2D eigenvalue weighted by molar-refractivity contribution is -0.143. The third kappa shape index (κ3) is 3.87. The number of carbonyl (C=O) groups is 1. The van der Waals surface area contributed by atoms with Gasteiger partial charge in [-0.25, -0.2) is 0 Å². The molecule has 0 atom stereocenters. The minimum atomic E-state index is -4.57. The van der Waals surface area contributed by atoms with Crippen LogP contribution in [0.5, 0.6) is 0 Å². The van der Waals surface area contributed by atoms with Crippen LogP contribution < -0.4 is 5.32 Å². The van der Waals surface area contributed by atoms with E-state index in [0.29, 0.717) is 23.0 Å². The number of rotatable bonds is 4. The summed E-state index contributed by atoms with van der Waals surface area (Å²) in [6.07, 6.45) is -1.55. The zero-order chi connectivity index (χ0) is 18.0. The monoisotopic (exact) mass is 349 g/mol. The zero-order valence-corrected chi connectivity index (χ0v) is 13.2. The van der Waals surface area contributed by atoms with Gasteiger partial charge in [-0.3, -0.25) is 14.2 Å². The first-order valence-corrected chi connectivity index (χ1v) is 7.32. The first kappa shape index (κ1) is 16.7. The standard InChI is InChI=1S/C16H14F3N5O/c1-23-14(16(17,18)19)7-13(22-23)15(25)21-12-8-20-24(10-12)9-11-5-3-2-4-6-11/h2-8,10H,9H2,1H3,(H,21,25). The molecule has 0 spiro atoms. The molecule has 0 unspecified atom stereocenters. The second-order valence-corrected chi connectivity index (χ2v) is 5.40. The summed E-state index contributed by atoms with van der Waals surface area (Å²) in [7, 11) is 1.14. The van der Waals surface area contributed by atoms with Crippen molar-refractivity contribution < 1.29 is 18.0 Å². The van der Waals surface area contributed by atoms with Crippen molar-refractivity contribution in [3.05, 3.63) is 65.7 Å². The summed E-state index contributed by atoms with van der Waals surface area (Å²) >= 11 is 0. The molecule has 130 valence electrons. The van der Waals surface area contributed by atoms with Crippen LogP contribution in [0.1, 0.15) is 21.7 Å². The van der Waals surface area contributed by atoms with E-state index in [1.807, 2.05) is 30.3 Å². The van der Waals surface area contributed by atoms with Gasteiger partial charge in [0.25, 0.3) is 5.91 Å². The van der Waals surface area contributed by atoms with Crippen molar-refractivity contribution in [3.63, 3.8) is 0 Å². The SMILES string of the molecule is Cn1nc(C(=O)Nc2cnn(Cc3ccccc3)c2)cc1C(F)(F)F. The smallest absolute Gasteiger partial charge is 0.318 e. The van der Waals surface area contributed by atoms with E-state index in [2.05, 4.69) is 15.5 Å². The average molecular weight is 349 g/mol. The molecular formula is C16H14F3N5O. The van der Waals surface area contributed by atoms with E-state index in [4.69, 9.17) is 0 Å². The van der Waals surface area contributed by atoms with Crippen LogP contribution in [-0.4, -0.2) is 25.5 Å². The molecule has 25 heavy (non-hydrogen) atoms. The number of aryl methyl sites for hydroxylation is 1. The molecule has 0 aliphatic rings.